The van der Waals surface area contributed by atoms with Gasteiger partial charge in [0.1, 0.15) is 5.75 Å². The summed E-state index contributed by atoms with van der Waals surface area (Å²) in [5.41, 5.74) is 5.08. The summed E-state index contributed by atoms with van der Waals surface area (Å²) in [6, 6.07) is 16.3. The summed E-state index contributed by atoms with van der Waals surface area (Å²) in [5.74, 6) is 0.645. The van der Waals surface area contributed by atoms with Crippen LogP contribution in [0.1, 0.15) is 11.1 Å². The van der Waals surface area contributed by atoms with Crippen LogP contribution in [0.2, 0.25) is 5.02 Å². The maximum Gasteiger partial charge on any atom is 0.227 e. The number of benzene rings is 3. The van der Waals surface area contributed by atoms with Gasteiger partial charge < -0.3 is 15.5 Å². The van der Waals surface area contributed by atoms with Gasteiger partial charge in [-0.25, -0.2) is 9.97 Å². The molecule has 3 N–H and O–H groups in total. The predicted octanol–water partition coefficient (Wildman–Crippen LogP) is 5.20. The molecule has 4 rings (SSSR count). The molecule has 0 fully saturated rings. The second-order valence-corrected chi connectivity index (χ2v) is 6.98. The number of halogens is 1. The quantitative estimate of drug-likeness (QED) is 0.445. The van der Waals surface area contributed by atoms with Crippen molar-refractivity contribution in [2.24, 2.45) is 0 Å². The van der Waals surface area contributed by atoms with Crippen molar-refractivity contribution in [2.45, 2.75) is 13.5 Å². The van der Waals surface area contributed by atoms with Crippen LogP contribution in [-0.4, -0.2) is 20.2 Å². The largest absolute Gasteiger partial charge is 0.508 e. The smallest absolute Gasteiger partial charge is 0.227 e. The molecule has 0 saturated carbocycles. The van der Waals surface area contributed by atoms with Gasteiger partial charge in [-0.2, -0.15) is 0 Å². The number of aryl methyl sites for hydroxylation is 1. The van der Waals surface area contributed by atoms with Crippen LogP contribution in [0.5, 0.6) is 5.75 Å². The molecule has 1 heterocycles. The summed E-state index contributed by atoms with van der Waals surface area (Å²) < 4.78 is 0. The van der Waals surface area contributed by atoms with Gasteiger partial charge in [0, 0.05) is 27.9 Å². The summed E-state index contributed by atoms with van der Waals surface area (Å²) in [4.78, 5) is 9.04. The molecule has 3 aromatic carbocycles. The molecule has 0 saturated heterocycles. The highest BCUT2D eigenvalue weighted by molar-refractivity contribution is 6.33. The minimum absolute atomic E-state index is 0.0203. The lowest BCUT2D eigenvalue weighted by Gasteiger charge is -2.11. The van der Waals surface area contributed by atoms with E-state index in [2.05, 4.69) is 15.3 Å². The van der Waals surface area contributed by atoms with Gasteiger partial charge in [-0.05, 0) is 66.1 Å². The fraction of sp³-hybridized carbons (Fsp3) is 0.0909. The van der Waals surface area contributed by atoms with E-state index < -0.39 is 0 Å². The second-order valence-electron chi connectivity index (χ2n) is 6.57. The molecule has 0 aliphatic rings. The van der Waals surface area contributed by atoms with Crippen molar-refractivity contribution >= 4 is 34.1 Å². The molecular weight excluding hydrogens is 374 g/mol. The van der Waals surface area contributed by atoms with Gasteiger partial charge in [0.05, 0.1) is 12.1 Å². The van der Waals surface area contributed by atoms with Crippen LogP contribution in [-0.2, 0) is 6.61 Å². The first kappa shape index (κ1) is 18.2. The molecule has 0 aliphatic carbocycles. The zero-order chi connectivity index (χ0) is 19.7. The number of aliphatic hydroxyl groups is 1. The second kappa shape index (κ2) is 7.46. The Balaban J connectivity index is 1.72. The van der Waals surface area contributed by atoms with Crippen LogP contribution in [0.4, 0.5) is 11.6 Å². The first-order valence-corrected chi connectivity index (χ1v) is 9.14. The number of aromatic hydroxyl groups is 1. The van der Waals surface area contributed by atoms with E-state index in [1.807, 2.05) is 43.3 Å². The van der Waals surface area contributed by atoms with Gasteiger partial charge >= 0.3 is 0 Å². The van der Waals surface area contributed by atoms with Crippen LogP contribution in [0.3, 0.4) is 0 Å². The number of fused-ring (bicyclic) bond motifs is 1. The highest BCUT2D eigenvalue weighted by Crippen LogP contribution is 2.34. The number of phenolic OH excluding ortho intramolecular Hbond substituents is 1. The predicted molar refractivity (Wildman–Crippen MR) is 112 cm³/mol. The van der Waals surface area contributed by atoms with Crippen LogP contribution in [0, 0.1) is 6.92 Å². The molecule has 0 amide bonds. The Kier molecular flexibility index (Phi) is 4.86. The van der Waals surface area contributed by atoms with Gasteiger partial charge in [-0.1, -0.05) is 23.7 Å². The van der Waals surface area contributed by atoms with Crippen LogP contribution >= 0.6 is 11.6 Å². The number of aliphatic hydroxyl groups excluding tert-OH is 1. The molecule has 6 heteroatoms. The van der Waals surface area contributed by atoms with Gasteiger partial charge in [-0.3, -0.25) is 0 Å². The van der Waals surface area contributed by atoms with Crippen molar-refractivity contribution in [3.05, 3.63) is 76.9 Å². The SMILES string of the molecule is Cc1cc(-c2cc(O)ccc2Cl)cc2cnc(Nc3cccc(CO)c3)nc12. The molecule has 0 atom stereocenters. The van der Waals surface area contributed by atoms with E-state index in [4.69, 9.17) is 11.6 Å². The van der Waals surface area contributed by atoms with E-state index in [0.29, 0.717) is 11.0 Å². The minimum atomic E-state index is -0.0203. The maximum absolute atomic E-state index is 9.79. The van der Waals surface area contributed by atoms with E-state index in [1.54, 1.807) is 24.4 Å². The van der Waals surface area contributed by atoms with Gasteiger partial charge in [0.2, 0.25) is 5.95 Å². The molecule has 0 radical (unpaired) electrons. The van der Waals surface area contributed by atoms with Crippen molar-refractivity contribution in [1.29, 1.82) is 0 Å². The lowest BCUT2D eigenvalue weighted by molar-refractivity contribution is 0.282. The zero-order valence-electron chi connectivity index (χ0n) is 15.1. The summed E-state index contributed by atoms with van der Waals surface area (Å²) in [5, 5.41) is 23.7. The average Bonchev–Trinajstić information content (AvgIpc) is 2.70. The number of rotatable bonds is 4. The van der Waals surface area contributed by atoms with Crippen LogP contribution in [0.25, 0.3) is 22.0 Å². The fourth-order valence-corrected chi connectivity index (χ4v) is 3.38. The van der Waals surface area contributed by atoms with Gasteiger partial charge in [0.15, 0.2) is 0 Å². The summed E-state index contributed by atoms with van der Waals surface area (Å²) >= 11 is 6.30. The Bertz CT molecular complexity index is 1180. The number of aromatic nitrogens is 2. The summed E-state index contributed by atoms with van der Waals surface area (Å²) in [6.45, 7) is 1.96. The number of phenols is 1. The monoisotopic (exact) mass is 391 g/mol. The Labute approximate surface area is 167 Å². The maximum atomic E-state index is 9.79. The van der Waals surface area contributed by atoms with Gasteiger partial charge in [-0.15, -0.1) is 0 Å². The highest BCUT2D eigenvalue weighted by Gasteiger charge is 2.10. The van der Waals surface area contributed by atoms with E-state index >= 15 is 0 Å². The minimum Gasteiger partial charge on any atom is -0.508 e. The summed E-state index contributed by atoms with van der Waals surface area (Å²) in [7, 11) is 0. The third-order valence-corrected chi connectivity index (χ3v) is 4.83. The molecule has 0 bridgehead atoms. The highest BCUT2D eigenvalue weighted by atomic mass is 35.5. The van der Waals surface area contributed by atoms with Crippen molar-refractivity contribution < 1.29 is 10.2 Å². The topological polar surface area (TPSA) is 78.3 Å². The third kappa shape index (κ3) is 3.63. The van der Waals surface area contributed by atoms with E-state index in [1.165, 1.54) is 0 Å². The third-order valence-electron chi connectivity index (χ3n) is 4.50. The molecular formula is C22H18ClN3O2. The first-order chi connectivity index (χ1) is 13.5. The summed E-state index contributed by atoms with van der Waals surface area (Å²) in [6.07, 6.45) is 1.76. The van der Waals surface area contributed by atoms with Crippen molar-refractivity contribution in [1.82, 2.24) is 9.97 Å². The molecule has 5 nitrogen and oxygen atoms in total. The Hall–Kier alpha value is -3.15. The molecule has 1 aromatic heterocycles. The first-order valence-electron chi connectivity index (χ1n) is 8.76. The normalized spacial score (nSPS) is 11.0. The molecule has 0 aliphatic heterocycles. The Morgan fingerprint density at radius 1 is 1.07 bits per heavy atom. The van der Waals surface area contributed by atoms with E-state index in [9.17, 15) is 10.2 Å². The Morgan fingerprint density at radius 2 is 1.93 bits per heavy atom. The Morgan fingerprint density at radius 3 is 2.75 bits per heavy atom. The average molecular weight is 392 g/mol. The zero-order valence-corrected chi connectivity index (χ0v) is 15.9. The molecule has 140 valence electrons. The number of hydrogen-bond acceptors (Lipinski definition) is 5. The van der Waals surface area contributed by atoms with Crippen molar-refractivity contribution in [2.75, 3.05) is 5.32 Å². The van der Waals surface area contributed by atoms with Crippen LogP contribution < -0.4 is 5.32 Å². The van der Waals surface area contributed by atoms with Crippen LogP contribution in [0.15, 0.2) is 60.8 Å². The van der Waals surface area contributed by atoms with Crippen molar-refractivity contribution in [3.63, 3.8) is 0 Å². The number of nitrogens with one attached hydrogen (secondary N) is 1. The standard InChI is InChI=1S/C22H18ClN3O2/c1-13-7-15(19-10-18(28)5-6-20(19)23)9-16-11-24-22(26-21(13)16)25-17-4-2-3-14(8-17)12-27/h2-11,27-28H,12H2,1H3,(H,24,25,26). The van der Waals surface area contributed by atoms with E-state index in [0.717, 1.165) is 38.8 Å². The number of anilines is 2. The lowest BCUT2D eigenvalue weighted by atomic mass is 10.0. The van der Waals surface area contributed by atoms with Gasteiger partial charge in [0.25, 0.3) is 0 Å². The van der Waals surface area contributed by atoms with E-state index in [-0.39, 0.29) is 12.4 Å². The number of nitrogens with zero attached hydrogens (tertiary/aromatic N) is 2. The molecule has 0 unspecified atom stereocenters. The lowest BCUT2D eigenvalue weighted by Crippen LogP contribution is -1.99. The molecule has 4 aromatic rings. The molecule has 28 heavy (non-hydrogen) atoms. The molecule has 0 spiro atoms. The van der Waals surface area contributed by atoms with Crippen molar-refractivity contribution in [3.8, 4) is 16.9 Å². The fourth-order valence-electron chi connectivity index (χ4n) is 3.15. The number of hydrogen-bond donors (Lipinski definition) is 3.